The van der Waals surface area contributed by atoms with Gasteiger partial charge in [0.1, 0.15) is 5.75 Å². The Hall–Kier alpha value is -1.55. The Bertz CT molecular complexity index is 554. The Morgan fingerprint density at radius 1 is 1.12 bits per heavy atom. The minimum absolute atomic E-state index is 0.120. The lowest BCUT2D eigenvalue weighted by molar-refractivity contribution is -0.938. The highest BCUT2D eigenvalue weighted by molar-refractivity contribution is 5.77. The molecule has 4 nitrogen and oxygen atoms in total. The SMILES string of the molecule is Cc1ccc(OCC(=O)N2CCC([NH+]3C[C@H](C)C[C@H](C)C3)CC2)cc1. The molecule has 2 saturated heterocycles. The molecule has 3 atom stereocenters. The summed E-state index contributed by atoms with van der Waals surface area (Å²) in [5.74, 6) is 2.56. The highest BCUT2D eigenvalue weighted by atomic mass is 16.5. The average Bonchev–Trinajstić information content (AvgIpc) is 2.60. The van der Waals surface area contributed by atoms with E-state index in [4.69, 9.17) is 4.74 Å². The van der Waals surface area contributed by atoms with E-state index in [1.54, 1.807) is 4.90 Å². The molecule has 0 aliphatic carbocycles. The number of nitrogens with zero attached hydrogens (tertiary/aromatic N) is 1. The van der Waals surface area contributed by atoms with Crippen molar-refractivity contribution in [3.8, 4) is 5.75 Å². The fraction of sp³-hybridized carbons (Fsp3) is 0.667. The van der Waals surface area contributed by atoms with E-state index in [1.807, 2.05) is 36.1 Å². The monoisotopic (exact) mass is 345 g/mol. The van der Waals surface area contributed by atoms with Crippen molar-refractivity contribution < 1.29 is 14.4 Å². The number of hydrogen-bond acceptors (Lipinski definition) is 2. The third kappa shape index (κ3) is 4.97. The smallest absolute Gasteiger partial charge is 0.260 e. The lowest BCUT2D eigenvalue weighted by Crippen LogP contribution is -3.18. The largest absolute Gasteiger partial charge is 0.484 e. The second kappa shape index (κ2) is 8.22. The van der Waals surface area contributed by atoms with Gasteiger partial charge in [-0.2, -0.15) is 0 Å². The predicted octanol–water partition coefficient (Wildman–Crippen LogP) is 1.93. The number of ether oxygens (including phenoxy) is 1. The summed E-state index contributed by atoms with van der Waals surface area (Å²) >= 11 is 0. The van der Waals surface area contributed by atoms with Gasteiger partial charge < -0.3 is 14.5 Å². The second-order valence-corrected chi connectivity index (χ2v) is 8.27. The molecule has 2 fully saturated rings. The lowest BCUT2D eigenvalue weighted by atomic mass is 9.89. The van der Waals surface area contributed by atoms with Crippen LogP contribution in [0.3, 0.4) is 0 Å². The molecular formula is C21H33N2O2+. The van der Waals surface area contributed by atoms with Crippen LogP contribution in [0.4, 0.5) is 0 Å². The summed E-state index contributed by atoms with van der Waals surface area (Å²) in [7, 11) is 0. The molecule has 138 valence electrons. The molecule has 0 saturated carbocycles. The molecule has 3 rings (SSSR count). The van der Waals surface area contributed by atoms with Gasteiger partial charge >= 0.3 is 0 Å². The molecule has 2 aliphatic rings. The van der Waals surface area contributed by atoms with Crippen molar-refractivity contribution in [1.29, 1.82) is 0 Å². The van der Waals surface area contributed by atoms with Crippen LogP contribution in [0.25, 0.3) is 0 Å². The number of aryl methyl sites for hydroxylation is 1. The number of benzene rings is 1. The van der Waals surface area contributed by atoms with Gasteiger partial charge in [-0.15, -0.1) is 0 Å². The standard InChI is InChI=1S/C21H32N2O2/c1-16-4-6-20(7-5-16)25-15-21(24)22-10-8-19(9-11-22)23-13-17(2)12-18(3)14-23/h4-7,17-19H,8-15H2,1-3H3/p+1/t17-,18+. The molecule has 0 spiro atoms. The van der Waals surface area contributed by atoms with Gasteiger partial charge in [-0.1, -0.05) is 31.5 Å². The summed E-state index contributed by atoms with van der Waals surface area (Å²) in [5, 5.41) is 0. The number of likely N-dealkylation sites (tertiary alicyclic amines) is 2. The highest BCUT2D eigenvalue weighted by Crippen LogP contribution is 2.16. The number of carbonyl (C=O) groups is 1. The Labute approximate surface area is 152 Å². The maximum atomic E-state index is 12.4. The summed E-state index contributed by atoms with van der Waals surface area (Å²) in [6.07, 6.45) is 3.63. The van der Waals surface area contributed by atoms with E-state index in [0.717, 1.165) is 49.6 Å². The van der Waals surface area contributed by atoms with Crippen molar-refractivity contribution in [3.05, 3.63) is 29.8 Å². The van der Waals surface area contributed by atoms with Crippen LogP contribution in [0.15, 0.2) is 24.3 Å². The summed E-state index contributed by atoms with van der Waals surface area (Å²) in [6.45, 7) is 11.3. The van der Waals surface area contributed by atoms with Crippen LogP contribution in [-0.4, -0.2) is 49.6 Å². The second-order valence-electron chi connectivity index (χ2n) is 8.27. The topological polar surface area (TPSA) is 34.0 Å². The van der Waals surface area contributed by atoms with Crippen molar-refractivity contribution in [2.75, 3.05) is 32.8 Å². The molecule has 25 heavy (non-hydrogen) atoms. The van der Waals surface area contributed by atoms with Crippen LogP contribution >= 0.6 is 0 Å². The predicted molar refractivity (Wildman–Crippen MR) is 99.9 cm³/mol. The summed E-state index contributed by atoms with van der Waals surface area (Å²) < 4.78 is 5.65. The van der Waals surface area contributed by atoms with Crippen LogP contribution in [0.1, 0.15) is 38.7 Å². The molecule has 1 N–H and O–H groups in total. The molecule has 1 unspecified atom stereocenters. The van der Waals surface area contributed by atoms with Gasteiger partial charge in [0.15, 0.2) is 6.61 Å². The highest BCUT2D eigenvalue weighted by Gasteiger charge is 2.34. The van der Waals surface area contributed by atoms with Gasteiger partial charge in [-0.25, -0.2) is 0 Å². The number of nitrogens with one attached hydrogen (secondary N) is 1. The summed E-state index contributed by atoms with van der Waals surface area (Å²) in [4.78, 5) is 16.2. The van der Waals surface area contributed by atoms with Crippen LogP contribution in [-0.2, 0) is 4.79 Å². The van der Waals surface area contributed by atoms with Gasteiger partial charge in [0, 0.05) is 37.8 Å². The first-order valence-electron chi connectivity index (χ1n) is 9.83. The van der Waals surface area contributed by atoms with Gasteiger partial charge in [0.25, 0.3) is 5.91 Å². The van der Waals surface area contributed by atoms with E-state index < -0.39 is 0 Å². The van der Waals surface area contributed by atoms with Gasteiger partial charge in [0.2, 0.25) is 0 Å². The van der Waals surface area contributed by atoms with Gasteiger partial charge in [-0.05, 0) is 25.5 Å². The first kappa shape index (κ1) is 18.2. The number of rotatable bonds is 4. The molecular weight excluding hydrogens is 312 g/mol. The van der Waals surface area contributed by atoms with Crippen LogP contribution in [0, 0.1) is 18.8 Å². The molecule has 0 bridgehead atoms. The number of piperidine rings is 2. The van der Waals surface area contributed by atoms with E-state index in [1.165, 1.54) is 25.1 Å². The molecule has 1 amide bonds. The molecule has 1 aromatic carbocycles. The molecule has 1 aromatic rings. The van der Waals surface area contributed by atoms with Crippen LogP contribution in [0.2, 0.25) is 0 Å². The molecule has 0 aromatic heterocycles. The zero-order valence-electron chi connectivity index (χ0n) is 16.0. The first-order chi connectivity index (χ1) is 12.0. The zero-order valence-corrected chi connectivity index (χ0v) is 16.0. The molecule has 4 heteroatoms. The van der Waals surface area contributed by atoms with Crippen molar-refractivity contribution in [1.82, 2.24) is 4.90 Å². The number of hydrogen-bond donors (Lipinski definition) is 1. The Morgan fingerprint density at radius 3 is 2.32 bits per heavy atom. The van der Waals surface area contributed by atoms with Gasteiger partial charge in [0.05, 0.1) is 19.1 Å². The van der Waals surface area contributed by atoms with E-state index >= 15 is 0 Å². The van der Waals surface area contributed by atoms with Crippen LogP contribution in [0.5, 0.6) is 5.75 Å². The van der Waals surface area contributed by atoms with Crippen molar-refractivity contribution in [2.24, 2.45) is 11.8 Å². The molecule has 0 radical (unpaired) electrons. The van der Waals surface area contributed by atoms with E-state index in [0.29, 0.717) is 0 Å². The van der Waals surface area contributed by atoms with E-state index in [-0.39, 0.29) is 12.5 Å². The minimum atomic E-state index is 0.120. The first-order valence-corrected chi connectivity index (χ1v) is 9.83. The fourth-order valence-corrected chi connectivity index (χ4v) is 4.57. The third-order valence-corrected chi connectivity index (χ3v) is 5.83. The lowest BCUT2D eigenvalue weighted by Gasteiger charge is -2.41. The third-order valence-electron chi connectivity index (χ3n) is 5.83. The maximum absolute atomic E-state index is 12.4. The van der Waals surface area contributed by atoms with Crippen LogP contribution < -0.4 is 9.64 Å². The molecule has 2 heterocycles. The van der Waals surface area contributed by atoms with Gasteiger partial charge in [-0.3, -0.25) is 4.79 Å². The minimum Gasteiger partial charge on any atom is -0.484 e. The van der Waals surface area contributed by atoms with Crippen molar-refractivity contribution >= 4 is 5.91 Å². The average molecular weight is 346 g/mol. The van der Waals surface area contributed by atoms with Crippen molar-refractivity contribution in [2.45, 2.75) is 46.1 Å². The number of quaternary nitrogens is 1. The summed E-state index contributed by atoms with van der Waals surface area (Å²) in [6, 6.07) is 8.60. The normalized spacial score (nSPS) is 28.0. The summed E-state index contributed by atoms with van der Waals surface area (Å²) in [5.41, 5.74) is 1.20. The van der Waals surface area contributed by atoms with Crippen molar-refractivity contribution in [3.63, 3.8) is 0 Å². The van der Waals surface area contributed by atoms with E-state index in [9.17, 15) is 4.79 Å². The maximum Gasteiger partial charge on any atom is 0.260 e. The number of amides is 1. The Kier molecular flexibility index (Phi) is 6.00. The molecule has 2 aliphatic heterocycles. The Balaban J connectivity index is 1.43. The van der Waals surface area contributed by atoms with E-state index in [2.05, 4.69) is 13.8 Å². The Morgan fingerprint density at radius 2 is 1.72 bits per heavy atom. The zero-order chi connectivity index (χ0) is 17.8. The quantitative estimate of drug-likeness (QED) is 0.905. The number of carbonyl (C=O) groups excluding carboxylic acids is 1. The fourth-order valence-electron chi connectivity index (χ4n) is 4.57.